The van der Waals surface area contributed by atoms with Gasteiger partial charge in [0.25, 0.3) is 0 Å². The lowest BCUT2D eigenvalue weighted by Crippen LogP contribution is -2.09. The van der Waals surface area contributed by atoms with Gasteiger partial charge in [-0.3, -0.25) is 0 Å². The molecule has 0 radical (unpaired) electrons. The van der Waals surface area contributed by atoms with E-state index < -0.39 is 0 Å². The average Bonchev–Trinajstić information content (AvgIpc) is 3.02. The Kier molecular flexibility index (Phi) is 7.06. The topological polar surface area (TPSA) is 59.9 Å². The minimum atomic E-state index is 0.444. The predicted octanol–water partition coefficient (Wildman–Crippen LogP) is 3.76. The van der Waals surface area contributed by atoms with Gasteiger partial charge in [0.05, 0.1) is 6.61 Å². The summed E-state index contributed by atoms with van der Waals surface area (Å²) in [6, 6.07) is 0.444. The molecule has 21 heavy (non-hydrogen) atoms. The largest absolute Gasteiger partial charge is 0.463 e. The first-order valence-corrected chi connectivity index (χ1v) is 9.06. The Morgan fingerprint density at radius 1 is 1.14 bits per heavy atom. The summed E-state index contributed by atoms with van der Waals surface area (Å²) in [6.07, 6.45) is 7.43. The van der Waals surface area contributed by atoms with E-state index in [0.29, 0.717) is 18.6 Å². The van der Waals surface area contributed by atoms with Crippen LogP contribution in [0.4, 0.5) is 5.95 Å². The van der Waals surface area contributed by atoms with E-state index in [0.717, 1.165) is 36.2 Å². The summed E-state index contributed by atoms with van der Waals surface area (Å²) in [5.41, 5.74) is 0. The zero-order chi connectivity index (χ0) is 14.9. The van der Waals surface area contributed by atoms with Crippen molar-refractivity contribution < 1.29 is 4.74 Å². The minimum Gasteiger partial charge on any atom is -0.463 e. The van der Waals surface area contributed by atoms with Gasteiger partial charge in [-0.05, 0) is 31.6 Å². The number of nitrogens with one attached hydrogen (secondary N) is 1. The molecule has 1 saturated carbocycles. The second-order valence-corrected chi connectivity index (χ2v) is 6.45. The van der Waals surface area contributed by atoms with Crippen molar-refractivity contribution in [2.24, 2.45) is 5.92 Å². The maximum absolute atomic E-state index is 5.57. The predicted molar refractivity (Wildman–Crippen MR) is 87.1 cm³/mol. The molecule has 5 nitrogen and oxygen atoms in total. The van der Waals surface area contributed by atoms with E-state index in [-0.39, 0.29) is 0 Å². The maximum atomic E-state index is 5.57. The Morgan fingerprint density at radius 3 is 2.67 bits per heavy atom. The number of aromatic nitrogens is 3. The molecular weight excluding hydrogens is 284 g/mol. The summed E-state index contributed by atoms with van der Waals surface area (Å²) >= 11 is 1.73. The number of nitrogens with zero attached hydrogens (tertiary/aromatic N) is 3. The van der Waals surface area contributed by atoms with Crippen LogP contribution in [-0.2, 0) is 0 Å². The fraction of sp³-hybridized carbons (Fsp3) is 0.800. The molecule has 118 valence electrons. The highest BCUT2D eigenvalue weighted by Gasteiger charge is 2.16. The highest BCUT2D eigenvalue weighted by Crippen LogP contribution is 2.30. The van der Waals surface area contributed by atoms with Crippen molar-refractivity contribution in [3.63, 3.8) is 0 Å². The van der Waals surface area contributed by atoms with Crippen LogP contribution in [0.5, 0.6) is 6.01 Å². The number of anilines is 1. The van der Waals surface area contributed by atoms with E-state index in [4.69, 9.17) is 4.74 Å². The van der Waals surface area contributed by atoms with E-state index in [2.05, 4.69) is 34.1 Å². The monoisotopic (exact) mass is 310 g/mol. The van der Waals surface area contributed by atoms with Crippen LogP contribution in [0.2, 0.25) is 0 Å². The molecule has 1 fully saturated rings. The Labute approximate surface area is 131 Å². The molecular formula is C15H26N4OS. The molecule has 1 heterocycles. The zero-order valence-corrected chi connectivity index (χ0v) is 13.9. The molecule has 0 unspecified atom stereocenters. The van der Waals surface area contributed by atoms with Gasteiger partial charge in [0.1, 0.15) is 0 Å². The third-order valence-corrected chi connectivity index (χ3v) is 4.56. The van der Waals surface area contributed by atoms with Crippen LogP contribution in [0.1, 0.15) is 52.4 Å². The summed E-state index contributed by atoms with van der Waals surface area (Å²) in [6.45, 7) is 5.71. The molecule has 1 aliphatic carbocycles. The molecule has 0 aliphatic heterocycles. The molecule has 1 aliphatic rings. The van der Waals surface area contributed by atoms with Crippen LogP contribution < -0.4 is 10.1 Å². The Morgan fingerprint density at radius 2 is 1.95 bits per heavy atom. The molecule has 0 saturated heterocycles. The van der Waals surface area contributed by atoms with E-state index in [1.165, 1.54) is 25.7 Å². The van der Waals surface area contributed by atoms with Crippen molar-refractivity contribution in [1.29, 1.82) is 0 Å². The quantitative estimate of drug-likeness (QED) is 0.701. The fourth-order valence-corrected chi connectivity index (χ4v) is 3.36. The first-order valence-electron chi connectivity index (χ1n) is 8.07. The molecule has 0 aromatic carbocycles. The van der Waals surface area contributed by atoms with Crippen molar-refractivity contribution in [1.82, 2.24) is 15.0 Å². The third kappa shape index (κ3) is 5.69. The van der Waals surface area contributed by atoms with Gasteiger partial charge in [-0.1, -0.05) is 38.5 Å². The van der Waals surface area contributed by atoms with Gasteiger partial charge in [-0.2, -0.15) is 15.0 Å². The van der Waals surface area contributed by atoms with Crippen molar-refractivity contribution in [2.45, 2.75) is 57.5 Å². The summed E-state index contributed by atoms with van der Waals surface area (Å²) < 4.78 is 5.57. The lowest BCUT2D eigenvalue weighted by molar-refractivity contribution is 0.288. The molecule has 0 amide bonds. The van der Waals surface area contributed by atoms with Crippen LogP contribution in [-0.4, -0.2) is 33.9 Å². The van der Waals surface area contributed by atoms with Crippen LogP contribution in [0.15, 0.2) is 5.16 Å². The number of hydrogen-bond donors (Lipinski definition) is 1. The molecule has 2 rings (SSSR count). The van der Waals surface area contributed by atoms with E-state index in [9.17, 15) is 0 Å². The Balaban J connectivity index is 1.98. The second-order valence-electron chi connectivity index (χ2n) is 5.46. The van der Waals surface area contributed by atoms with Crippen LogP contribution in [0, 0.1) is 5.92 Å². The van der Waals surface area contributed by atoms with Crippen LogP contribution in [0.25, 0.3) is 0 Å². The van der Waals surface area contributed by atoms with Gasteiger partial charge in [-0.25, -0.2) is 0 Å². The first kappa shape index (κ1) is 16.3. The molecule has 0 atom stereocenters. The summed E-state index contributed by atoms with van der Waals surface area (Å²) in [4.78, 5) is 13.2. The smallest absolute Gasteiger partial charge is 0.322 e. The van der Waals surface area contributed by atoms with Gasteiger partial charge >= 0.3 is 6.01 Å². The zero-order valence-electron chi connectivity index (χ0n) is 13.1. The van der Waals surface area contributed by atoms with E-state index >= 15 is 0 Å². The van der Waals surface area contributed by atoms with Gasteiger partial charge in [0, 0.05) is 12.3 Å². The molecule has 0 bridgehead atoms. The Hall–Kier alpha value is -1.04. The number of rotatable bonds is 9. The normalized spacial score (nSPS) is 15.3. The third-order valence-electron chi connectivity index (χ3n) is 3.49. The number of hydrogen-bond acceptors (Lipinski definition) is 6. The maximum Gasteiger partial charge on any atom is 0.322 e. The second kappa shape index (κ2) is 9.07. The SMILES string of the molecule is CCCNc1nc(OCCC)nc(SCC2CCCC2)n1. The highest BCUT2D eigenvalue weighted by molar-refractivity contribution is 7.99. The molecule has 6 heteroatoms. The summed E-state index contributed by atoms with van der Waals surface area (Å²) in [5.74, 6) is 2.55. The van der Waals surface area contributed by atoms with Gasteiger partial charge < -0.3 is 10.1 Å². The minimum absolute atomic E-state index is 0.444. The molecule has 1 aromatic heterocycles. The molecule has 1 aromatic rings. The van der Waals surface area contributed by atoms with E-state index in [1.54, 1.807) is 11.8 Å². The van der Waals surface area contributed by atoms with Crippen LogP contribution >= 0.6 is 11.8 Å². The highest BCUT2D eigenvalue weighted by atomic mass is 32.2. The first-order chi connectivity index (χ1) is 10.3. The van der Waals surface area contributed by atoms with E-state index in [1.807, 2.05) is 0 Å². The van der Waals surface area contributed by atoms with Crippen LogP contribution in [0.3, 0.4) is 0 Å². The number of ether oxygens (including phenoxy) is 1. The van der Waals surface area contributed by atoms with Crippen molar-refractivity contribution in [2.75, 3.05) is 24.2 Å². The lowest BCUT2D eigenvalue weighted by atomic mass is 10.1. The lowest BCUT2D eigenvalue weighted by Gasteiger charge is -2.10. The molecule has 0 spiro atoms. The van der Waals surface area contributed by atoms with Crippen molar-refractivity contribution in [3.8, 4) is 6.01 Å². The average molecular weight is 310 g/mol. The summed E-state index contributed by atoms with van der Waals surface area (Å²) in [7, 11) is 0. The summed E-state index contributed by atoms with van der Waals surface area (Å²) in [5, 5.41) is 4.00. The van der Waals surface area contributed by atoms with Gasteiger partial charge in [0.15, 0.2) is 5.16 Å². The van der Waals surface area contributed by atoms with Crippen molar-refractivity contribution >= 4 is 17.7 Å². The Bertz CT molecular complexity index is 398. The fourth-order valence-electron chi connectivity index (χ4n) is 2.35. The standard InChI is InChI=1S/C15H26N4OS/c1-3-9-16-13-17-14(20-10-4-2)19-15(18-13)21-11-12-7-5-6-8-12/h12H,3-11H2,1-2H3,(H,16,17,18,19). The van der Waals surface area contributed by atoms with Crippen molar-refractivity contribution in [3.05, 3.63) is 0 Å². The molecule has 1 N–H and O–H groups in total. The van der Waals surface area contributed by atoms with Gasteiger partial charge in [0.2, 0.25) is 5.95 Å². The van der Waals surface area contributed by atoms with Gasteiger partial charge in [-0.15, -0.1) is 0 Å². The number of thioether (sulfide) groups is 1.